The number of likely N-dealkylation sites (N-methyl/N-ethyl adjacent to an activating group) is 1. The summed E-state index contributed by atoms with van der Waals surface area (Å²) < 4.78 is 46.1. The summed E-state index contributed by atoms with van der Waals surface area (Å²) in [6.07, 6.45) is 0.226. The summed E-state index contributed by atoms with van der Waals surface area (Å²) >= 11 is 0. The highest BCUT2D eigenvalue weighted by atomic mass is 32.2. The van der Waals surface area contributed by atoms with Gasteiger partial charge in [0.2, 0.25) is 11.8 Å². The van der Waals surface area contributed by atoms with E-state index in [0.717, 1.165) is 21.0 Å². The Kier molecular flexibility index (Phi) is 11.9. The van der Waals surface area contributed by atoms with Crippen molar-refractivity contribution in [3.63, 3.8) is 0 Å². The molecule has 10 nitrogen and oxygen atoms in total. The number of sulfonamides is 1. The Labute approximate surface area is 276 Å². The van der Waals surface area contributed by atoms with Crippen molar-refractivity contribution >= 4 is 27.5 Å². The van der Waals surface area contributed by atoms with Crippen LogP contribution in [-0.2, 0) is 32.6 Å². The number of aryl methyl sites for hydroxylation is 1. The van der Waals surface area contributed by atoms with Gasteiger partial charge in [0.25, 0.3) is 10.0 Å². The van der Waals surface area contributed by atoms with E-state index in [1.807, 2.05) is 68.4 Å². The molecule has 0 aliphatic rings. The molecule has 4 aromatic carbocycles. The molecule has 0 bridgehead atoms. The van der Waals surface area contributed by atoms with Crippen LogP contribution >= 0.6 is 0 Å². The first-order valence-corrected chi connectivity index (χ1v) is 16.6. The summed E-state index contributed by atoms with van der Waals surface area (Å²) in [4.78, 5) is 29.4. The topological polar surface area (TPSA) is 114 Å². The Hall–Kier alpha value is -5.03. The predicted octanol–water partition coefficient (Wildman–Crippen LogP) is 4.99. The van der Waals surface area contributed by atoms with Gasteiger partial charge in [0.15, 0.2) is 11.5 Å². The van der Waals surface area contributed by atoms with E-state index in [1.165, 1.54) is 44.4 Å². The lowest BCUT2D eigenvalue weighted by Crippen LogP contribution is -2.53. The van der Waals surface area contributed by atoms with E-state index in [2.05, 4.69) is 5.32 Å². The van der Waals surface area contributed by atoms with E-state index in [1.54, 1.807) is 24.3 Å². The number of ether oxygens (including phenoxy) is 3. The van der Waals surface area contributed by atoms with Gasteiger partial charge < -0.3 is 24.4 Å². The summed E-state index contributed by atoms with van der Waals surface area (Å²) in [7, 11) is 0.0409. The molecule has 0 fully saturated rings. The zero-order valence-corrected chi connectivity index (χ0v) is 28.1. The third-order valence-electron chi connectivity index (χ3n) is 7.78. The van der Waals surface area contributed by atoms with Crippen molar-refractivity contribution in [1.82, 2.24) is 10.2 Å². The van der Waals surface area contributed by atoms with Crippen molar-refractivity contribution in [3.8, 4) is 17.2 Å². The smallest absolute Gasteiger partial charge is 0.264 e. The normalized spacial score (nSPS) is 11.7. The summed E-state index contributed by atoms with van der Waals surface area (Å²) in [6.45, 7) is 3.71. The lowest BCUT2D eigenvalue weighted by molar-refractivity contribution is -0.139. The highest BCUT2D eigenvalue weighted by Gasteiger charge is 2.35. The Morgan fingerprint density at radius 3 is 2.13 bits per heavy atom. The number of carbonyl (C=O) groups is 2. The highest BCUT2D eigenvalue weighted by Crippen LogP contribution is 2.33. The fraction of sp³-hybridized carbons (Fsp3) is 0.278. The molecule has 1 atom stereocenters. The number of rotatable bonds is 15. The van der Waals surface area contributed by atoms with E-state index in [9.17, 15) is 18.0 Å². The van der Waals surface area contributed by atoms with E-state index < -0.39 is 28.5 Å². The maximum Gasteiger partial charge on any atom is 0.264 e. The standard InChI is InChI=1S/C36H41N3O7S/c1-6-46-30-18-16-29(17-19-30)39(47(42,43)31-20-21-33(44-4)34(23-31)45-5)25-35(40)38(24-28-15-11-10-12-26(28)2)32(36(41)37-3)22-27-13-8-7-9-14-27/h7-21,23,32H,6,22,24-25H2,1-5H3,(H,37,41)/t32-/m1/s1. The Morgan fingerprint density at radius 1 is 0.851 bits per heavy atom. The summed E-state index contributed by atoms with van der Waals surface area (Å²) in [5.74, 6) is 0.195. The molecule has 4 aromatic rings. The molecule has 0 aliphatic carbocycles. The molecular weight excluding hydrogens is 618 g/mol. The van der Waals surface area contributed by atoms with Crippen LogP contribution in [0.1, 0.15) is 23.6 Å². The maximum absolute atomic E-state index is 14.5. The fourth-order valence-corrected chi connectivity index (χ4v) is 6.63. The van der Waals surface area contributed by atoms with Crippen molar-refractivity contribution in [2.45, 2.75) is 37.8 Å². The van der Waals surface area contributed by atoms with Crippen LogP contribution in [0.4, 0.5) is 5.69 Å². The van der Waals surface area contributed by atoms with Crippen molar-refractivity contribution in [1.29, 1.82) is 0 Å². The van der Waals surface area contributed by atoms with Gasteiger partial charge in [-0.3, -0.25) is 13.9 Å². The summed E-state index contributed by atoms with van der Waals surface area (Å²) in [5, 5.41) is 2.70. The van der Waals surface area contributed by atoms with Crippen molar-refractivity contribution < 1.29 is 32.2 Å². The first-order chi connectivity index (χ1) is 22.6. The first-order valence-electron chi connectivity index (χ1n) is 15.2. The minimum absolute atomic E-state index is 0.0873. The SMILES string of the molecule is CCOc1ccc(N(CC(=O)N(Cc2ccccc2C)[C@H](Cc2ccccc2)C(=O)NC)S(=O)(=O)c2ccc(OC)c(OC)c2)cc1. The van der Waals surface area contributed by atoms with Gasteiger partial charge in [0, 0.05) is 26.1 Å². The number of hydrogen-bond donors (Lipinski definition) is 1. The minimum Gasteiger partial charge on any atom is -0.494 e. The molecule has 11 heteroatoms. The minimum atomic E-state index is -4.35. The summed E-state index contributed by atoms with van der Waals surface area (Å²) in [6, 6.07) is 26.8. The zero-order chi connectivity index (χ0) is 34.0. The molecule has 0 heterocycles. The number of nitrogens with one attached hydrogen (secondary N) is 1. The lowest BCUT2D eigenvalue weighted by atomic mass is 10.0. The van der Waals surface area contributed by atoms with Crippen LogP contribution in [0.3, 0.4) is 0 Å². The molecule has 4 rings (SSSR count). The maximum atomic E-state index is 14.5. The van der Waals surface area contributed by atoms with Crippen LogP contribution in [0.2, 0.25) is 0 Å². The molecule has 0 unspecified atom stereocenters. The number of anilines is 1. The third kappa shape index (κ3) is 8.42. The number of methoxy groups -OCH3 is 2. The summed E-state index contributed by atoms with van der Waals surface area (Å²) in [5.41, 5.74) is 2.86. The van der Waals surface area contributed by atoms with E-state index >= 15 is 0 Å². The molecule has 248 valence electrons. The van der Waals surface area contributed by atoms with Crippen molar-refractivity contribution in [3.05, 3.63) is 114 Å². The molecule has 2 amide bonds. The second-order valence-electron chi connectivity index (χ2n) is 10.7. The van der Waals surface area contributed by atoms with Gasteiger partial charge in [-0.25, -0.2) is 8.42 Å². The van der Waals surface area contributed by atoms with Crippen molar-refractivity contribution in [2.24, 2.45) is 0 Å². The molecule has 0 saturated carbocycles. The monoisotopic (exact) mass is 659 g/mol. The molecule has 0 aromatic heterocycles. The van der Waals surface area contributed by atoms with Crippen LogP contribution in [0.15, 0.2) is 102 Å². The molecule has 1 N–H and O–H groups in total. The predicted molar refractivity (Wildman–Crippen MR) is 181 cm³/mol. The van der Waals surface area contributed by atoms with Gasteiger partial charge in [-0.05, 0) is 66.9 Å². The van der Waals surface area contributed by atoms with E-state index in [0.29, 0.717) is 18.1 Å². The Bertz CT molecular complexity index is 1760. The van der Waals surface area contributed by atoms with Gasteiger partial charge >= 0.3 is 0 Å². The van der Waals surface area contributed by atoms with Crippen LogP contribution in [0.5, 0.6) is 17.2 Å². The van der Waals surface area contributed by atoms with E-state index in [4.69, 9.17) is 14.2 Å². The second-order valence-corrected chi connectivity index (χ2v) is 12.6. The second kappa shape index (κ2) is 16.0. The average Bonchev–Trinajstić information content (AvgIpc) is 3.09. The largest absolute Gasteiger partial charge is 0.494 e. The number of amides is 2. The zero-order valence-electron chi connectivity index (χ0n) is 27.3. The van der Waals surface area contributed by atoms with Gasteiger partial charge in [0.05, 0.1) is 31.4 Å². The third-order valence-corrected chi connectivity index (χ3v) is 9.55. The van der Waals surface area contributed by atoms with Gasteiger partial charge in [-0.15, -0.1) is 0 Å². The van der Waals surface area contributed by atoms with Crippen molar-refractivity contribution in [2.75, 3.05) is 38.7 Å². The highest BCUT2D eigenvalue weighted by molar-refractivity contribution is 7.92. The van der Waals surface area contributed by atoms with Crippen LogP contribution in [-0.4, -0.2) is 65.6 Å². The lowest BCUT2D eigenvalue weighted by Gasteiger charge is -2.34. The van der Waals surface area contributed by atoms with Crippen LogP contribution < -0.4 is 23.8 Å². The molecule has 0 aliphatic heterocycles. The van der Waals surface area contributed by atoms with Crippen LogP contribution in [0, 0.1) is 6.92 Å². The molecular formula is C36H41N3O7S. The van der Waals surface area contributed by atoms with E-state index in [-0.39, 0.29) is 35.2 Å². The number of hydrogen-bond acceptors (Lipinski definition) is 7. The molecule has 47 heavy (non-hydrogen) atoms. The number of carbonyl (C=O) groups excluding carboxylic acids is 2. The van der Waals surface area contributed by atoms with Crippen LogP contribution in [0.25, 0.3) is 0 Å². The average molecular weight is 660 g/mol. The Balaban J connectivity index is 1.82. The molecule has 0 radical (unpaired) electrons. The van der Waals surface area contributed by atoms with Gasteiger partial charge in [-0.2, -0.15) is 0 Å². The molecule has 0 spiro atoms. The van der Waals surface area contributed by atoms with Gasteiger partial charge in [0.1, 0.15) is 18.3 Å². The first kappa shape index (κ1) is 34.8. The number of benzene rings is 4. The quantitative estimate of drug-likeness (QED) is 0.191. The number of nitrogens with zero attached hydrogens (tertiary/aromatic N) is 2. The fourth-order valence-electron chi connectivity index (χ4n) is 5.20. The molecule has 0 saturated heterocycles. The van der Waals surface area contributed by atoms with Gasteiger partial charge in [-0.1, -0.05) is 54.6 Å². The Morgan fingerprint density at radius 2 is 1.51 bits per heavy atom.